The minimum atomic E-state index is -0.458. The first-order chi connectivity index (χ1) is 13.5. The number of imide groups is 1. The van der Waals surface area contributed by atoms with E-state index in [0.717, 1.165) is 4.90 Å². The van der Waals surface area contributed by atoms with Crippen molar-refractivity contribution in [1.82, 2.24) is 9.80 Å². The second-order valence-corrected chi connectivity index (χ2v) is 7.02. The highest BCUT2D eigenvalue weighted by molar-refractivity contribution is 6.09. The Bertz CT molecular complexity index is 803. The molecule has 0 unspecified atom stereocenters. The molecule has 0 spiro atoms. The SMILES string of the molecule is CCN(CC)C(=O)c1cccc(NC(=O)CN2C(=O)[C@@H]3CC=CC[C@H]3C2=O)c1. The van der Waals surface area contributed by atoms with Gasteiger partial charge in [-0.15, -0.1) is 0 Å². The molecule has 0 saturated carbocycles. The Morgan fingerprint density at radius 3 is 2.25 bits per heavy atom. The van der Waals surface area contributed by atoms with Gasteiger partial charge < -0.3 is 10.2 Å². The average Bonchev–Trinajstić information content (AvgIpc) is 2.94. The van der Waals surface area contributed by atoms with E-state index in [1.165, 1.54) is 0 Å². The second-order valence-electron chi connectivity index (χ2n) is 7.02. The molecule has 1 fully saturated rings. The van der Waals surface area contributed by atoms with Crippen LogP contribution in [0, 0.1) is 11.8 Å². The molecular formula is C21H25N3O4. The summed E-state index contributed by atoms with van der Waals surface area (Å²) in [7, 11) is 0. The van der Waals surface area contributed by atoms with Crippen LogP contribution in [-0.2, 0) is 14.4 Å². The lowest BCUT2D eigenvalue weighted by atomic mass is 9.85. The molecule has 0 aromatic heterocycles. The van der Waals surface area contributed by atoms with Gasteiger partial charge >= 0.3 is 0 Å². The minimum Gasteiger partial charge on any atom is -0.339 e. The first-order valence-corrected chi connectivity index (χ1v) is 9.65. The van der Waals surface area contributed by atoms with Crippen molar-refractivity contribution in [3.8, 4) is 0 Å². The molecule has 7 heteroatoms. The van der Waals surface area contributed by atoms with Crippen LogP contribution in [0.5, 0.6) is 0 Å². The van der Waals surface area contributed by atoms with Gasteiger partial charge in [-0.1, -0.05) is 18.2 Å². The maximum Gasteiger partial charge on any atom is 0.253 e. The number of hydrogen-bond donors (Lipinski definition) is 1. The van der Waals surface area contributed by atoms with Gasteiger partial charge in [-0.2, -0.15) is 0 Å². The molecule has 2 atom stereocenters. The molecule has 3 rings (SSSR count). The molecule has 2 aliphatic rings. The Labute approximate surface area is 164 Å². The van der Waals surface area contributed by atoms with Gasteiger partial charge in [-0.25, -0.2) is 0 Å². The van der Waals surface area contributed by atoms with Crippen LogP contribution in [0.25, 0.3) is 0 Å². The van der Waals surface area contributed by atoms with E-state index in [0.29, 0.717) is 37.2 Å². The number of hydrogen-bond acceptors (Lipinski definition) is 4. The molecule has 1 saturated heterocycles. The van der Waals surface area contributed by atoms with Gasteiger partial charge in [0.15, 0.2) is 0 Å². The number of amides is 4. The van der Waals surface area contributed by atoms with Gasteiger partial charge in [0.2, 0.25) is 17.7 Å². The van der Waals surface area contributed by atoms with Crippen molar-refractivity contribution in [2.75, 3.05) is 25.0 Å². The first kappa shape index (κ1) is 19.8. The molecule has 1 aromatic carbocycles. The summed E-state index contributed by atoms with van der Waals surface area (Å²) >= 11 is 0. The van der Waals surface area contributed by atoms with E-state index in [-0.39, 0.29) is 36.1 Å². The van der Waals surface area contributed by atoms with Crippen LogP contribution in [0.15, 0.2) is 36.4 Å². The van der Waals surface area contributed by atoms with Crippen LogP contribution in [0.4, 0.5) is 5.69 Å². The Morgan fingerprint density at radius 1 is 1.07 bits per heavy atom. The van der Waals surface area contributed by atoms with E-state index in [1.54, 1.807) is 29.2 Å². The summed E-state index contributed by atoms with van der Waals surface area (Å²) in [6, 6.07) is 6.67. The molecule has 1 aliphatic heterocycles. The first-order valence-electron chi connectivity index (χ1n) is 9.65. The lowest BCUT2D eigenvalue weighted by Crippen LogP contribution is -2.38. The van der Waals surface area contributed by atoms with Crippen molar-refractivity contribution in [3.63, 3.8) is 0 Å². The number of nitrogens with one attached hydrogen (secondary N) is 1. The Hall–Kier alpha value is -2.96. The zero-order valence-corrected chi connectivity index (χ0v) is 16.2. The molecule has 0 bridgehead atoms. The highest BCUT2D eigenvalue weighted by atomic mass is 16.2. The zero-order valence-electron chi connectivity index (χ0n) is 16.2. The molecular weight excluding hydrogens is 358 g/mol. The van der Waals surface area contributed by atoms with Gasteiger partial charge in [0.05, 0.1) is 11.8 Å². The Kier molecular flexibility index (Phi) is 5.92. The second kappa shape index (κ2) is 8.37. The minimum absolute atomic E-state index is 0.109. The van der Waals surface area contributed by atoms with E-state index in [4.69, 9.17) is 0 Å². The molecule has 1 N–H and O–H groups in total. The van der Waals surface area contributed by atoms with Gasteiger partial charge in [-0.3, -0.25) is 24.1 Å². The predicted octanol–water partition coefficient (Wildman–Crippen LogP) is 2.06. The summed E-state index contributed by atoms with van der Waals surface area (Å²) in [5.41, 5.74) is 0.938. The number of benzene rings is 1. The van der Waals surface area contributed by atoms with Gasteiger partial charge in [0.1, 0.15) is 6.54 Å². The largest absolute Gasteiger partial charge is 0.339 e. The van der Waals surface area contributed by atoms with E-state index in [9.17, 15) is 19.2 Å². The lowest BCUT2D eigenvalue weighted by Gasteiger charge is -2.19. The number of fused-ring (bicyclic) bond motifs is 1. The summed E-state index contributed by atoms with van der Waals surface area (Å²) in [6.45, 7) is 4.71. The van der Waals surface area contributed by atoms with E-state index < -0.39 is 5.91 Å². The molecule has 1 aliphatic carbocycles. The van der Waals surface area contributed by atoms with E-state index in [1.807, 2.05) is 26.0 Å². The standard InChI is InChI=1S/C21H25N3O4/c1-3-23(4-2)19(26)14-8-7-9-15(12-14)22-18(25)13-24-20(27)16-10-5-6-11-17(16)21(24)28/h5-9,12,16-17H,3-4,10-11,13H2,1-2H3,(H,22,25)/t16-,17-/m1/s1. The summed E-state index contributed by atoms with van der Waals surface area (Å²) < 4.78 is 0. The van der Waals surface area contributed by atoms with Crippen LogP contribution in [0.2, 0.25) is 0 Å². The molecule has 148 valence electrons. The fraction of sp³-hybridized carbons (Fsp3) is 0.429. The smallest absolute Gasteiger partial charge is 0.253 e. The van der Waals surface area contributed by atoms with Crippen molar-refractivity contribution < 1.29 is 19.2 Å². The molecule has 1 aromatic rings. The maximum atomic E-state index is 12.5. The number of rotatable bonds is 6. The number of likely N-dealkylation sites (tertiary alicyclic amines) is 1. The van der Waals surface area contributed by atoms with Gasteiger partial charge in [0, 0.05) is 24.3 Å². The van der Waals surface area contributed by atoms with Gasteiger partial charge in [0.25, 0.3) is 5.91 Å². The summed E-state index contributed by atoms with van der Waals surface area (Å²) in [6.07, 6.45) is 4.91. The Balaban J connectivity index is 1.66. The highest BCUT2D eigenvalue weighted by Gasteiger charge is 2.47. The van der Waals surface area contributed by atoms with Crippen molar-refractivity contribution in [1.29, 1.82) is 0 Å². The maximum absolute atomic E-state index is 12.5. The fourth-order valence-electron chi connectivity index (χ4n) is 3.79. The Morgan fingerprint density at radius 2 is 1.68 bits per heavy atom. The molecule has 28 heavy (non-hydrogen) atoms. The quantitative estimate of drug-likeness (QED) is 0.602. The number of allylic oxidation sites excluding steroid dienone is 2. The fourth-order valence-corrected chi connectivity index (χ4v) is 3.79. The van der Waals surface area contributed by atoms with Crippen LogP contribution < -0.4 is 5.32 Å². The van der Waals surface area contributed by atoms with Crippen molar-refractivity contribution in [2.24, 2.45) is 11.8 Å². The molecule has 0 radical (unpaired) electrons. The average molecular weight is 383 g/mol. The molecule has 7 nitrogen and oxygen atoms in total. The van der Waals surface area contributed by atoms with Crippen LogP contribution in [0.1, 0.15) is 37.0 Å². The monoisotopic (exact) mass is 383 g/mol. The van der Waals surface area contributed by atoms with E-state index in [2.05, 4.69) is 5.32 Å². The molecule has 1 heterocycles. The van der Waals surface area contributed by atoms with Crippen LogP contribution >= 0.6 is 0 Å². The number of anilines is 1. The van der Waals surface area contributed by atoms with Crippen molar-refractivity contribution in [2.45, 2.75) is 26.7 Å². The third-order valence-corrected chi connectivity index (χ3v) is 5.34. The van der Waals surface area contributed by atoms with E-state index >= 15 is 0 Å². The predicted molar refractivity (Wildman–Crippen MR) is 104 cm³/mol. The van der Waals surface area contributed by atoms with Crippen LogP contribution in [-0.4, -0.2) is 53.1 Å². The molecule has 4 amide bonds. The summed E-state index contributed by atoms with van der Waals surface area (Å²) in [5.74, 6) is -1.82. The normalized spacial score (nSPS) is 20.9. The number of nitrogens with zero attached hydrogens (tertiary/aromatic N) is 2. The van der Waals surface area contributed by atoms with Gasteiger partial charge in [-0.05, 0) is 44.9 Å². The summed E-state index contributed by atoms with van der Waals surface area (Å²) in [4.78, 5) is 52.6. The van der Waals surface area contributed by atoms with Crippen molar-refractivity contribution in [3.05, 3.63) is 42.0 Å². The summed E-state index contributed by atoms with van der Waals surface area (Å²) in [5, 5.41) is 2.69. The third kappa shape index (κ3) is 3.83. The third-order valence-electron chi connectivity index (χ3n) is 5.34. The van der Waals surface area contributed by atoms with Crippen molar-refractivity contribution >= 4 is 29.3 Å². The highest BCUT2D eigenvalue weighted by Crippen LogP contribution is 2.34. The van der Waals surface area contributed by atoms with Crippen LogP contribution in [0.3, 0.4) is 0 Å². The number of carbonyl (C=O) groups is 4. The number of carbonyl (C=O) groups excluding carboxylic acids is 4. The lowest BCUT2D eigenvalue weighted by molar-refractivity contribution is -0.142. The topological polar surface area (TPSA) is 86.8 Å². The zero-order chi connectivity index (χ0) is 20.3.